The molecule has 29 heavy (non-hydrogen) atoms. The van der Waals surface area contributed by atoms with E-state index in [9.17, 15) is 13.6 Å². The zero-order valence-electron chi connectivity index (χ0n) is 17.4. The lowest BCUT2D eigenvalue weighted by Crippen LogP contribution is -2.36. The zero-order valence-corrected chi connectivity index (χ0v) is 18.3. The second kappa shape index (κ2) is 9.35. The molecule has 0 unspecified atom stereocenters. The van der Waals surface area contributed by atoms with E-state index in [1.807, 2.05) is 30.2 Å². The second-order valence-corrected chi connectivity index (χ2v) is 8.00. The first kappa shape index (κ1) is 22.8. The summed E-state index contributed by atoms with van der Waals surface area (Å²) in [6.45, 7) is 15.1. The highest BCUT2D eigenvalue weighted by molar-refractivity contribution is 7.10. The highest BCUT2D eigenvalue weighted by Gasteiger charge is 2.27. The minimum atomic E-state index is -2.97. The van der Waals surface area contributed by atoms with Gasteiger partial charge >= 0.3 is 0 Å². The lowest BCUT2D eigenvalue weighted by molar-refractivity contribution is -0.127. The van der Waals surface area contributed by atoms with E-state index in [1.54, 1.807) is 24.3 Å². The Balaban J connectivity index is 2.19. The van der Waals surface area contributed by atoms with Gasteiger partial charge in [-0.25, -0.2) is 8.78 Å². The van der Waals surface area contributed by atoms with Gasteiger partial charge in [-0.2, -0.15) is 0 Å². The highest BCUT2D eigenvalue weighted by Crippen LogP contribution is 2.33. The fourth-order valence-corrected chi connectivity index (χ4v) is 4.22. The second-order valence-electron chi connectivity index (χ2n) is 7.04. The average Bonchev–Trinajstić information content (AvgIpc) is 3.11. The maximum Gasteiger partial charge on any atom is 0.270 e. The largest absolute Gasteiger partial charge is 0.356 e. The SMILES string of the molecule is C=C/C(=C\C(=C/C)NC(=C)c1csc2c1CCN(C(=O)/C(C)=C/C)C2)C(C)(F)F. The van der Waals surface area contributed by atoms with E-state index >= 15 is 0 Å². The van der Waals surface area contributed by atoms with Crippen molar-refractivity contribution < 1.29 is 13.6 Å². The van der Waals surface area contributed by atoms with Crippen LogP contribution in [0.1, 0.15) is 43.7 Å². The number of nitrogens with zero attached hydrogens (tertiary/aromatic N) is 1. The Hall–Kier alpha value is -2.47. The molecule has 1 aromatic heterocycles. The van der Waals surface area contributed by atoms with Crippen LogP contribution < -0.4 is 5.32 Å². The number of hydrogen-bond donors (Lipinski definition) is 1. The van der Waals surface area contributed by atoms with Gasteiger partial charge in [-0.05, 0) is 38.8 Å². The minimum absolute atomic E-state index is 0.0591. The minimum Gasteiger partial charge on any atom is -0.356 e. The summed E-state index contributed by atoms with van der Waals surface area (Å²) in [5.41, 5.74) is 3.90. The van der Waals surface area contributed by atoms with E-state index in [4.69, 9.17) is 0 Å². The number of carbonyl (C=O) groups is 1. The Morgan fingerprint density at radius 2 is 2.03 bits per heavy atom. The third-order valence-electron chi connectivity index (χ3n) is 4.97. The van der Waals surface area contributed by atoms with Crippen LogP contribution in [0.25, 0.3) is 5.70 Å². The summed E-state index contributed by atoms with van der Waals surface area (Å²) in [6.07, 6.45) is 6.84. The van der Waals surface area contributed by atoms with Crippen LogP contribution in [0.4, 0.5) is 8.78 Å². The molecule has 0 aromatic carbocycles. The monoisotopic (exact) mass is 418 g/mol. The molecule has 156 valence electrons. The van der Waals surface area contributed by atoms with Crippen molar-refractivity contribution in [2.45, 2.75) is 46.6 Å². The van der Waals surface area contributed by atoms with E-state index < -0.39 is 5.92 Å². The van der Waals surface area contributed by atoms with Crippen LogP contribution in [0.15, 0.2) is 59.7 Å². The molecule has 0 radical (unpaired) electrons. The molecule has 2 heterocycles. The summed E-state index contributed by atoms with van der Waals surface area (Å²) in [5.74, 6) is -2.91. The molecule has 2 rings (SSSR count). The summed E-state index contributed by atoms with van der Waals surface area (Å²) in [6, 6.07) is 0. The summed E-state index contributed by atoms with van der Waals surface area (Å²) >= 11 is 1.59. The topological polar surface area (TPSA) is 32.3 Å². The first-order valence-corrected chi connectivity index (χ1v) is 10.4. The number of thiophene rings is 1. The molecule has 0 aliphatic carbocycles. The quantitative estimate of drug-likeness (QED) is 0.446. The molecule has 1 amide bonds. The van der Waals surface area contributed by atoms with Crippen LogP contribution in [0.3, 0.4) is 0 Å². The molecule has 0 saturated carbocycles. The van der Waals surface area contributed by atoms with Gasteiger partial charge in [-0.1, -0.05) is 31.4 Å². The van der Waals surface area contributed by atoms with Gasteiger partial charge in [0.05, 0.1) is 6.54 Å². The molecule has 0 saturated heterocycles. The molecule has 1 aliphatic heterocycles. The lowest BCUT2D eigenvalue weighted by Gasteiger charge is -2.28. The molecule has 1 aliphatic rings. The Morgan fingerprint density at radius 3 is 2.59 bits per heavy atom. The van der Waals surface area contributed by atoms with Crippen LogP contribution >= 0.6 is 11.3 Å². The molecule has 0 spiro atoms. The van der Waals surface area contributed by atoms with Gasteiger partial charge in [0.2, 0.25) is 5.91 Å². The number of nitrogens with one attached hydrogen (secondary N) is 1. The Labute approximate surface area is 175 Å². The number of fused-ring (bicyclic) bond motifs is 1. The van der Waals surface area contributed by atoms with E-state index in [1.165, 1.54) is 17.7 Å². The molecular weight excluding hydrogens is 390 g/mol. The van der Waals surface area contributed by atoms with E-state index in [2.05, 4.69) is 18.5 Å². The molecule has 0 bridgehead atoms. The van der Waals surface area contributed by atoms with E-state index in [-0.39, 0.29) is 11.5 Å². The van der Waals surface area contributed by atoms with E-state index in [0.29, 0.717) is 24.5 Å². The first-order valence-electron chi connectivity index (χ1n) is 9.48. The van der Waals surface area contributed by atoms with Crippen molar-refractivity contribution in [3.05, 3.63) is 75.7 Å². The molecular formula is C23H28F2N2OS. The number of halogens is 2. The van der Waals surface area contributed by atoms with Crippen molar-refractivity contribution in [2.24, 2.45) is 0 Å². The normalized spacial score (nSPS) is 15.8. The van der Waals surface area contributed by atoms with Gasteiger partial charge in [0.1, 0.15) is 0 Å². The molecule has 6 heteroatoms. The van der Waals surface area contributed by atoms with Crippen molar-refractivity contribution in [3.8, 4) is 0 Å². The summed E-state index contributed by atoms with van der Waals surface area (Å²) in [5, 5.41) is 5.15. The average molecular weight is 419 g/mol. The molecule has 3 nitrogen and oxygen atoms in total. The van der Waals surface area contributed by atoms with Gasteiger partial charge in [0.15, 0.2) is 0 Å². The molecule has 1 N–H and O–H groups in total. The smallest absolute Gasteiger partial charge is 0.270 e. The van der Waals surface area contributed by atoms with Gasteiger partial charge in [0, 0.05) is 51.8 Å². The standard InChI is InChI=1S/C23H28F2N2OS/c1-7-15(4)22(28)27-11-10-19-20(14-29-21(19)13-27)16(5)26-18(9-3)12-17(8-2)23(6,24)25/h7-9,12,14,26H,2,5,10-11,13H2,1,3-4,6H3/b15-7+,17-12+,18-9+. The predicted molar refractivity (Wildman–Crippen MR) is 118 cm³/mol. The summed E-state index contributed by atoms with van der Waals surface area (Å²) in [4.78, 5) is 15.4. The van der Waals surface area contributed by atoms with Gasteiger partial charge in [-0.3, -0.25) is 4.79 Å². The van der Waals surface area contributed by atoms with Crippen LogP contribution in [0.2, 0.25) is 0 Å². The first-order chi connectivity index (χ1) is 13.6. The Morgan fingerprint density at radius 1 is 1.34 bits per heavy atom. The number of rotatable bonds is 7. The summed E-state index contributed by atoms with van der Waals surface area (Å²) < 4.78 is 27.3. The van der Waals surface area contributed by atoms with Crippen molar-refractivity contribution in [3.63, 3.8) is 0 Å². The van der Waals surface area contributed by atoms with Crippen LogP contribution in [-0.2, 0) is 17.8 Å². The maximum absolute atomic E-state index is 13.7. The number of carbonyl (C=O) groups excluding carboxylic acids is 1. The Kier molecular flexibility index (Phi) is 7.36. The molecule has 0 atom stereocenters. The van der Waals surface area contributed by atoms with Crippen LogP contribution in [0, 0.1) is 0 Å². The van der Waals surface area contributed by atoms with Crippen molar-refractivity contribution in [1.82, 2.24) is 10.2 Å². The van der Waals surface area contributed by atoms with Gasteiger partial charge in [0.25, 0.3) is 5.92 Å². The van der Waals surface area contributed by atoms with Crippen molar-refractivity contribution >= 4 is 22.9 Å². The van der Waals surface area contributed by atoms with E-state index in [0.717, 1.165) is 29.4 Å². The number of allylic oxidation sites excluding steroid dienone is 5. The van der Waals surface area contributed by atoms with Crippen LogP contribution in [-0.4, -0.2) is 23.3 Å². The van der Waals surface area contributed by atoms with Gasteiger partial charge in [-0.15, -0.1) is 11.3 Å². The lowest BCUT2D eigenvalue weighted by atomic mass is 10.0. The fourth-order valence-electron chi connectivity index (χ4n) is 3.09. The number of amides is 1. The fraction of sp³-hybridized carbons (Fsp3) is 0.348. The Bertz CT molecular complexity index is 900. The highest BCUT2D eigenvalue weighted by atomic mass is 32.1. The number of hydrogen-bond acceptors (Lipinski definition) is 3. The maximum atomic E-state index is 13.7. The third-order valence-corrected chi connectivity index (χ3v) is 5.99. The zero-order chi connectivity index (χ0) is 21.8. The molecule has 0 fully saturated rings. The van der Waals surface area contributed by atoms with Gasteiger partial charge < -0.3 is 10.2 Å². The van der Waals surface area contributed by atoms with Crippen LogP contribution in [0.5, 0.6) is 0 Å². The van der Waals surface area contributed by atoms with Crippen molar-refractivity contribution in [1.29, 1.82) is 0 Å². The summed E-state index contributed by atoms with van der Waals surface area (Å²) in [7, 11) is 0. The number of alkyl halides is 2. The molecule has 1 aromatic rings. The third kappa shape index (κ3) is 5.32. The predicted octanol–water partition coefficient (Wildman–Crippen LogP) is 5.83. The van der Waals surface area contributed by atoms with Crippen molar-refractivity contribution in [2.75, 3.05) is 6.54 Å².